The lowest BCUT2D eigenvalue weighted by atomic mass is 10.1. The molecule has 1 aliphatic heterocycles. The first kappa shape index (κ1) is 18.6. The second-order valence-corrected chi connectivity index (χ2v) is 7.35. The van der Waals surface area contributed by atoms with Gasteiger partial charge in [0.15, 0.2) is 5.82 Å². The van der Waals surface area contributed by atoms with Crippen LogP contribution in [-0.2, 0) is 13.0 Å². The number of hydrogen-bond acceptors (Lipinski definition) is 6. The van der Waals surface area contributed by atoms with Gasteiger partial charge >= 0.3 is 0 Å². The van der Waals surface area contributed by atoms with Crippen LogP contribution in [0.25, 0.3) is 11.5 Å². The highest BCUT2D eigenvalue weighted by Crippen LogP contribution is 2.28. The van der Waals surface area contributed by atoms with E-state index in [9.17, 15) is 0 Å². The summed E-state index contributed by atoms with van der Waals surface area (Å²) in [7, 11) is 0. The van der Waals surface area contributed by atoms with E-state index in [4.69, 9.17) is 4.52 Å². The number of pyridine rings is 1. The second-order valence-electron chi connectivity index (χ2n) is 7.35. The Kier molecular flexibility index (Phi) is 5.67. The van der Waals surface area contributed by atoms with Gasteiger partial charge in [-0.05, 0) is 31.0 Å². The number of aromatic nitrogens is 3. The molecular formula is C22H27N5O. The summed E-state index contributed by atoms with van der Waals surface area (Å²) in [5.74, 6) is 2.22. The predicted molar refractivity (Wildman–Crippen MR) is 110 cm³/mol. The summed E-state index contributed by atoms with van der Waals surface area (Å²) in [6.07, 6.45) is 3.70. The summed E-state index contributed by atoms with van der Waals surface area (Å²) < 4.78 is 5.48. The van der Waals surface area contributed by atoms with Gasteiger partial charge in [0, 0.05) is 45.3 Å². The van der Waals surface area contributed by atoms with E-state index in [-0.39, 0.29) is 0 Å². The van der Waals surface area contributed by atoms with Crippen molar-refractivity contribution in [2.24, 2.45) is 0 Å². The van der Waals surface area contributed by atoms with E-state index in [0.29, 0.717) is 5.89 Å². The van der Waals surface area contributed by atoms with E-state index >= 15 is 0 Å². The van der Waals surface area contributed by atoms with Crippen molar-refractivity contribution in [1.82, 2.24) is 20.0 Å². The molecule has 1 aromatic carbocycles. The molecule has 2 aromatic heterocycles. The highest BCUT2D eigenvalue weighted by atomic mass is 16.5. The quantitative estimate of drug-likeness (QED) is 0.675. The molecule has 0 bridgehead atoms. The minimum atomic E-state index is 0.556. The number of rotatable bonds is 5. The third kappa shape index (κ3) is 4.22. The standard InChI is InChI=1S/C22H27N5O/c1-3-20-24-22(28-25-20)19-6-4-11-23-21(19)27-13-5-12-26(14-15-27)16-18-9-7-17(2)8-10-18/h4,6-11H,3,5,12-16H2,1-2H3. The van der Waals surface area contributed by atoms with Gasteiger partial charge in [0.05, 0.1) is 5.56 Å². The van der Waals surface area contributed by atoms with Gasteiger partial charge in [-0.25, -0.2) is 4.98 Å². The molecule has 0 atom stereocenters. The first-order valence-corrected chi connectivity index (χ1v) is 10.0. The molecule has 0 aliphatic carbocycles. The highest BCUT2D eigenvalue weighted by molar-refractivity contribution is 5.69. The van der Waals surface area contributed by atoms with E-state index in [1.807, 2.05) is 25.3 Å². The number of aryl methyl sites for hydroxylation is 2. The molecule has 1 aliphatic rings. The molecule has 0 radical (unpaired) electrons. The Morgan fingerprint density at radius 2 is 1.89 bits per heavy atom. The molecule has 0 unspecified atom stereocenters. The molecule has 3 heterocycles. The van der Waals surface area contributed by atoms with Crippen LogP contribution in [0.4, 0.5) is 5.82 Å². The highest BCUT2D eigenvalue weighted by Gasteiger charge is 2.21. The fourth-order valence-corrected chi connectivity index (χ4v) is 3.62. The molecule has 3 aromatic rings. The van der Waals surface area contributed by atoms with Crippen molar-refractivity contribution in [1.29, 1.82) is 0 Å². The van der Waals surface area contributed by atoms with Crippen molar-refractivity contribution < 1.29 is 4.52 Å². The van der Waals surface area contributed by atoms with Crippen molar-refractivity contribution >= 4 is 5.82 Å². The van der Waals surface area contributed by atoms with E-state index in [0.717, 1.165) is 62.8 Å². The van der Waals surface area contributed by atoms with E-state index in [1.54, 1.807) is 0 Å². The van der Waals surface area contributed by atoms with Crippen LogP contribution in [0.2, 0.25) is 0 Å². The maximum atomic E-state index is 5.48. The topological polar surface area (TPSA) is 58.3 Å². The Bertz CT molecular complexity index is 905. The largest absolute Gasteiger partial charge is 0.355 e. The lowest BCUT2D eigenvalue weighted by molar-refractivity contribution is 0.285. The molecule has 0 spiro atoms. The van der Waals surface area contributed by atoms with Crippen molar-refractivity contribution in [3.05, 3.63) is 59.5 Å². The van der Waals surface area contributed by atoms with Crippen LogP contribution in [0.3, 0.4) is 0 Å². The molecule has 0 amide bonds. The van der Waals surface area contributed by atoms with Crippen LogP contribution < -0.4 is 4.90 Å². The number of anilines is 1. The average molecular weight is 377 g/mol. The first-order chi connectivity index (χ1) is 13.7. The van der Waals surface area contributed by atoms with Crippen LogP contribution >= 0.6 is 0 Å². The molecule has 4 rings (SSSR count). The summed E-state index contributed by atoms with van der Waals surface area (Å²) in [4.78, 5) is 14.0. The van der Waals surface area contributed by atoms with Gasteiger partial charge < -0.3 is 9.42 Å². The molecule has 0 saturated carbocycles. The molecule has 146 valence electrons. The second kappa shape index (κ2) is 8.52. The fraction of sp³-hybridized carbons (Fsp3) is 0.409. The third-order valence-corrected chi connectivity index (χ3v) is 5.22. The molecule has 0 N–H and O–H groups in total. The minimum absolute atomic E-state index is 0.556. The Hall–Kier alpha value is -2.73. The SMILES string of the molecule is CCc1noc(-c2cccnc2N2CCCN(Cc3ccc(C)cc3)CC2)n1. The van der Waals surface area contributed by atoms with Crippen molar-refractivity contribution in [2.45, 2.75) is 33.2 Å². The zero-order valence-corrected chi connectivity index (χ0v) is 16.6. The van der Waals surface area contributed by atoms with Gasteiger partial charge in [0.25, 0.3) is 5.89 Å². The van der Waals surface area contributed by atoms with Crippen LogP contribution in [0, 0.1) is 6.92 Å². The monoisotopic (exact) mass is 377 g/mol. The summed E-state index contributed by atoms with van der Waals surface area (Å²) in [6.45, 7) is 9.16. The molecule has 6 nitrogen and oxygen atoms in total. The van der Waals surface area contributed by atoms with E-state index in [1.165, 1.54) is 11.1 Å². The van der Waals surface area contributed by atoms with Crippen molar-refractivity contribution in [3.8, 4) is 11.5 Å². The maximum absolute atomic E-state index is 5.48. The van der Waals surface area contributed by atoms with Gasteiger partial charge in [0.2, 0.25) is 0 Å². The maximum Gasteiger partial charge on any atom is 0.261 e. The lowest BCUT2D eigenvalue weighted by Crippen LogP contribution is -2.31. The summed E-state index contributed by atoms with van der Waals surface area (Å²) >= 11 is 0. The van der Waals surface area contributed by atoms with Crippen molar-refractivity contribution in [2.75, 3.05) is 31.1 Å². The van der Waals surface area contributed by atoms with Gasteiger partial charge in [-0.3, -0.25) is 4.90 Å². The number of hydrogen-bond donors (Lipinski definition) is 0. The fourth-order valence-electron chi connectivity index (χ4n) is 3.62. The normalized spacial score (nSPS) is 15.6. The minimum Gasteiger partial charge on any atom is -0.355 e. The van der Waals surface area contributed by atoms with Gasteiger partial charge in [0.1, 0.15) is 5.82 Å². The Morgan fingerprint density at radius 3 is 2.68 bits per heavy atom. The Morgan fingerprint density at radius 1 is 1.04 bits per heavy atom. The van der Waals surface area contributed by atoms with E-state index in [2.05, 4.69) is 56.1 Å². The van der Waals surface area contributed by atoms with Crippen molar-refractivity contribution in [3.63, 3.8) is 0 Å². The van der Waals surface area contributed by atoms with Gasteiger partial charge in [-0.1, -0.05) is 41.9 Å². The smallest absolute Gasteiger partial charge is 0.261 e. The summed E-state index contributed by atoms with van der Waals surface area (Å²) in [5.41, 5.74) is 3.60. The number of nitrogens with zero attached hydrogens (tertiary/aromatic N) is 5. The molecular weight excluding hydrogens is 350 g/mol. The first-order valence-electron chi connectivity index (χ1n) is 10.0. The Balaban J connectivity index is 1.48. The Labute approximate surface area is 166 Å². The summed E-state index contributed by atoms with van der Waals surface area (Å²) in [6, 6.07) is 12.8. The molecule has 6 heteroatoms. The summed E-state index contributed by atoms with van der Waals surface area (Å²) in [5, 5.41) is 4.04. The molecule has 1 fully saturated rings. The number of benzene rings is 1. The molecule has 28 heavy (non-hydrogen) atoms. The van der Waals surface area contributed by atoms with Gasteiger partial charge in [-0.15, -0.1) is 0 Å². The van der Waals surface area contributed by atoms with Gasteiger partial charge in [-0.2, -0.15) is 4.98 Å². The lowest BCUT2D eigenvalue weighted by Gasteiger charge is -2.24. The van der Waals surface area contributed by atoms with Crippen LogP contribution in [0.15, 0.2) is 47.1 Å². The van der Waals surface area contributed by atoms with E-state index < -0.39 is 0 Å². The van der Waals surface area contributed by atoms with Crippen LogP contribution in [0.5, 0.6) is 0 Å². The zero-order valence-electron chi connectivity index (χ0n) is 16.6. The zero-order chi connectivity index (χ0) is 19.3. The van der Waals surface area contributed by atoms with Crippen LogP contribution in [-0.4, -0.2) is 46.2 Å². The predicted octanol–water partition coefficient (Wildman–Crippen LogP) is 3.71. The molecule has 1 saturated heterocycles. The van der Waals surface area contributed by atoms with Crippen LogP contribution in [0.1, 0.15) is 30.3 Å². The third-order valence-electron chi connectivity index (χ3n) is 5.22. The average Bonchev–Trinajstić information content (AvgIpc) is 3.09.